The number of benzene rings is 1. The van der Waals surface area contributed by atoms with E-state index in [4.69, 9.17) is 9.84 Å². The number of anilines is 1. The molecular weight excluding hydrogens is 324 g/mol. The van der Waals surface area contributed by atoms with Crippen molar-refractivity contribution < 1.29 is 14.6 Å². The van der Waals surface area contributed by atoms with Crippen molar-refractivity contribution >= 4 is 41.2 Å². The second-order valence-electron chi connectivity index (χ2n) is 5.30. The van der Waals surface area contributed by atoms with Crippen LogP contribution in [0.5, 0.6) is 0 Å². The largest absolute Gasteiger partial charge is 0.478 e. The van der Waals surface area contributed by atoms with E-state index in [1.54, 1.807) is 12.3 Å². The smallest absolute Gasteiger partial charge is 0.328 e. The third kappa shape index (κ3) is 4.53. The number of carboxylic acids is 1. The summed E-state index contributed by atoms with van der Waals surface area (Å²) in [6.45, 7) is 3.43. The van der Waals surface area contributed by atoms with E-state index in [0.29, 0.717) is 0 Å². The molecule has 6 heteroatoms. The lowest BCUT2D eigenvalue weighted by Crippen LogP contribution is -2.36. The van der Waals surface area contributed by atoms with E-state index in [9.17, 15) is 4.79 Å². The molecule has 0 radical (unpaired) electrons. The van der Waals surface area contributed by atoms with Crippen molar-refractivity contribution in [2.45, 2.75) is 0 Å². The Hall–Kier alpha value is -2.44. The second kappa shape index (κ2) is 7.90. The topological polar surface area (TPSA) is 62.7 Å². The van der Waals surface area contributed by atoms with Gasteiger partial charge in [0.2, 0.25) is 0 Å². The average Bonchev–Trinajstić information content (AvgIpc) is 3.07. The van der Waals surface area contributed by atoms with E-state index in [0.717, 1.165) is 47.8 Å². The minimum absolute atomic E-state index is 0.782. The first-order valence-electron chi connectivity index (χ1n) is 7.68. The normalized spacial score (nSPS) is 15.4. The Morgan fingerprint density at radius 1 is 1.17 bits per heavy atom. The van der Waals surface area contributed by atoms with Crippen LogP contribution in [-0.4, -0.2) is 42.4 Å². The summed E-state index contributed by atoms with van der Waals surface area (Å²) < 4.78 is 5.37. The first-order chi connectivity index (χ1) is 11.7. The van der Waals surface area contributed by atoms with Gasteiger partial charge in [0.15, 0.2) is 0 Å². The lowest BCUT2D eigenvalue weighted by molar-refractivity contribution is -0.131. The number of carboxylic acid groups (broad SMARTS) is 1. The zero-order chi connectivity index (χ0) is 16.8. The van der Waals surface area contributed by atoms with Gasteiger partial charge in [-0.2, -0.15) is 0 Å². The molecule has 2 heterocycles. The number of ether oxygens (including phenoxy) is 1. The molecule has 1 N–H and O–H groups in total. The SMILES string of the molecule is O=C(O)C=Cc1cnc(C=Cc2ccc(N3CCOCC3)cc2)s1. The summed E-state index contributed by atoms with van der Waals surface area (Å²) in [7, 11) is 0. The van der Waals surface area contributed by atoms with Gasteiger partial charge < -0.3 is 14.7 Å². The van der Waals surface area contributed by atoms with Crippen molar-refractivity contribution in [1.29, 1.82) is 0 Å². The van der Waals surface area contributed by atoms with Crippen LogP contribution in [0.4, 0.5) is 5.69 Å². The van der Waals surface area contributed by atoms with Crippen LogP contribution in [-0.2, 0) is 9.53 Å². The fourth-order valence-corrected chi connectivity index (χ4v) is 3.12. The number of aliphatic carboxylic acids is 1. The maximum absolute atomic E-state index is 10.5. The van der Waals surface area contributed by atoms with E-state index in [-0.39, 0.29) is 0 Å². The summed E-state index contributed by atoms with van der Waals surface area (Å²) in [6.07, 6.45) is 8.28. The molecule has 3 rings (SSSR count). The number of carbonyl (C=O) groups is 1. The standard InChI is InChI=1S/C18H18N2O3S/c21-18(22)8-6-16-13-19-17(24-16)7-3-14-1-4-15(5-2-14)20-9-11-23-12-10-20/h1-8,13H,9-12H2,(H,21,22). The van der Waals surface area contributed by atoms with E-state index >= 15 is 0 Å². The highest BCUT2D eigenvalue weighted by Crippen LogP contribution is 2.20. The molecule has 0 saturated carbocycles. The molecule has 124 valence electrons. The Kier molecular flexibility index (Phi) is 5.40. The van der Waals surface area contributed by atoms with Crippen LogP contribution in [0.3, 0.4) is 0 Å². The van der Waals surface area contributed by atoms with Gasteiger partial charge in [-0.1, -0.05) is 18.2 Å². The minimum Gasteiger partial charge on any atom is -0.478 e. The van der Waals surface area contributed by atoms with Gasteiger partial charge in [0.25, 0.3) is 0 Å². The van der Waals surface area contributed by atoms with Crippen molar-refractivity contribution in [2.24, 2.45) is 0 Å². The Morgan fingerprint density at radius 2 is 1.92 bits per heavy atom. The summed E-state index contributed by atoms with van der Waals surface area (Å²) in [5.41, 5.74) is 2.32. The zero-order valence-corrected chi connectivity index (χ0v) is 13.9. The Bertz CT molecular complexity index is 744. The highest BCUT2D eigenvalue weighted by atomic mass is 32.1. The molecule has 1 aliphatic rings. The maximum atomic E-state index is 10.5. The number of hydrogen-bond acceptors (Lipinski definition) is 5. The maximum Gasteiger partial charge on any atom is 0.328 e. The molecule has 24 heavy (non-hydrogen) atoms. The van der Waals surface area contributed by atoms with E-state index in [2.05, 4.69) is 34.1 Å². The first kappa shape index (κ1) is 16.4. The Morgan fingerprint density at radius 3 is 2.62 bits per heavy atom. The van der Waals surface area contributed by atoms with Crippen LogP contribution in [0.1, 0.15) is 15.4 Å². The minimum atomic E-state index is -0.958. The third-order valence-electron chi connectivity index (χ3n) is 3.62. The Balaban J connectivity index is 1.63. The third-order valence-corrected chi connectivity index (χ3v) is 4.55. The number of nitrogens with zero attached hydrogens (tertiary/aromatic N) is 2. The van der Waals surface area contributed by atoms with Gasteiger partial charge >= 0.3 is 5.97 Å². The molecule has 0 atom stereocenters. The molecule has 1 aromatic carbocycles. The van der Waals surface area contributed by atoms with E-state index in [1.807, 2.05) is 12.2 Å². The number of morpholine rings is 1. The predicted molar refractivity (Wildman–Crippen MR) is 97.2 cm³/mol. The van der Waals surface area contributed by atoms with E-state index in [1.165, 1.54) is 17.0 Å². The van der Waals surface area contributed by atoms with E-state index < -0.39 is 5.97 Å². The second-order valence-corrected chi connectivity index (χ2v) is 6.39. The van der Waals surface area contributed by atoms with Crippen LogP contribution in [0.25, 0.3) is 18.2 Å². The van der Waals surface area contributed by atoms with Crippen LogP contribution >= 0.6 is 11.3 Å². The lowest BCUT2D eigenvalue weighted by atomic mass is 10.2. The van der Waals surface area contributed by atoms with Crippen LogP contribution < -0.4 is 4.90 Å². The summed E-state index contributed by atoms with van der Waals surface area (Å²) in [4.78, 5) is 17.9. The monoisotopic (exact) mass is 342 g/mol. The number of thiazole rings is 1. The molecule has 1 aliphatic heterocycles. The van der Waals surface area contributed by atoms with Crippen molar-refractivity contribution in [2.75, 3.05) is 31.2 Å². The van der Waals surface area contributed by atoms with Gasteiger partial charge in [-0.25, -0.2) is 9.78 Å². The zero-order valence-electron chi connectivity index (χ0n) is 13.1. The Labute approximate surface area is 144 Å². The lowest BCUT2D eigenvalue weighted by Gasteiger charge is -2.28. The molecule has 1 aromatic heterocycles. The van der Waals surface area contributed by atoms with Crippen LogP contribution in [0.2, 0.25) is 0 Å². The summed E-state index contributed by atoms with van der Waals surface area (Å²) in [6, 6.07) is 8.40. The predicted octanol–water partition coefficient (Wildman–Crippen LogP) is 3.25. The van der Waals surface area contributed by atoms with Gasteiger partial charge in [0.1, 0.15) is 5.01 Å². The van der Waals surface area contributed by atoms with Crippen molar-refractivity contribution in [3.8, 4) is 0 Å². The average molecular weight is 342 g/mol. The van der Waals surface area contributed by atoms with Gasteiger partial charge in [-0.15, -0.1) is 11.3 Å². The molecule has 0 bridgehead atoms. The van der Waals surface area contributed by atoms with Gasteiger partial charge in [-0.3, -0.25) is 0 Å². The summed E-state index contributed by atoms with van der Waals surface area (Å²) in [5.74, 6) is -0.958. The van der Waals surface area contributed by atoms with Gasteiger partial charge in [0.05, 0.1) is 13.2 Å². The molecule has 0 aliphatic carbocycles. The quantitative estimate of drug-likeness (QED) is 0.845. The molecule has 5 nitrogen and oxygen atoms in total. The molecule has 0 amide bonds. The molecule has 0 spiro atoms. The number of rotatable bonds is 5. The first-order valence-corrected chi connectivity index (χ1v) is 8.50. The van der Waals surface area contributed by atoms with Gasteiger partial charge in [0, 0.05) is 35.9 Å². The number of hydrogen-bond donors (Lipinski definition) is 1. The highest BCUT2D eigenvalue weighted by Gasteiger charge is 2.10. The fourth-order valence-electron chi connectivity index (χ4n) is 2.39. The van der Waals surface area contributed by atoms with Crippen molar-refractivity contribution in [1.82, 2.24) is 4.98 Å². The molecule has 2 aromatic rings. The summed E-state index contributed by atoms with van der Waals surface area (Å²) >= 11 is 1.45. The van der Waals surface area contributed by atoms with Crippen molar-refractivity contribution in [3.63, 3.8) is 0 Å². The van der Waals surface area contributed by atoms with Gasteiger partial charge in [-0.05, 0) is 29.8 Å². The fraction of sp³-hybridized carbons (Fsp3) is 0.222. The van der Waals surface area contributed by atoms with Crippen LogP contribution in [0, 0.1) is 0 Å². The molecular formula is C18H18N2O3S. The number of aromatic nitrogens is 1. The van der Waals surface area contributed by atoms with Crippen molar-refractivity contribution in [3.05, 3.63) is 52.0 Å². The highest BCUT2D eigenvalue weighted by molar-refractivity contribution is 7.13. The molecule has 1 saturated heterocycles. The summed E-state index contributed by atoms with van der Waals surface area (Å²) in [5, 5.41) is 9.47. The van der Waals surface area contributed by atoms with Crippen LogP contribution in [0.15, 0.2) is 36.5 Å². The molecule has 1 fully saturated rings. The molecule has 0 unspecified atom stereocenters.